The van der Waals surface area contributed by atoms with Gasteiger partial charge in [0, 0.05) is 22.6 Å². The summed E-state index contributed by atoms with van der Waals surface area (Å²) in [5.74, 6) is -0.875. The summed E-state index contributed by atoms with van der Waals surface area (Å²) >= 11 is 3.49. The van der Waals surface area contributed by atoms with Crippen molar-refractivity contribution in [3.05, 3.63) is 46.0 Å². The highest BCUT2D eigenvalue weighted by Gasteiger charge is 2.07. The van der Waals surface area contributed by atoms with Gasteiger partial charge in [0.05, 0.1) is 0 Å². The second kappa shape index (κ2) is 6.57. The third kappa shape index (κ3) is 4.32. The summed E-state index contributed by atoms with van der Waals surface area (Å²) in [4.78, 5) is 10.6. The Labute approximate surface area is 110 Å². The minimum atomic E-state index is -0.875. The molecule has 0 aliphatic carbocycles. The molecule has 0 unspecified atom stereocenters. The van der Waals surface area contributed by atoms with Crippen LogP contribution in [0.4, 0.5) is 0 Å². The zero-order valence-electron chi connectivity index (χ0n) is 9.90. The van der Waals surface area contributed by atoms with E-state index in [4.69, 9.17) is 5.11 Å². The normalized spacial score (nSPS) is 13.5. The number of rotatable bonds is 5. The fourth-order valence-corrected chi connectivity index (χ4v) is 2.04. The zero-order valence-corrected chi connectivity index (χ0v) is 11.5. The Hall–Kier alpha value is -1.13. The minimum absolute atomic E-state index is 0.170. The maximum Gasteiger partial charge on any atom is 0.330 e. The molecule has 0 fully saturated rings. The molecule has 0 aliphatic rings. The average molecular weight is 298 g/mol. The van der Waals surface area contributed by atoms with E-state index >= 15 is 0 Å². The quantitative estimate of drug-likeness (QED) is 0.821. The number of hydrogen-bond acceptors (Lipinski definition) is 2. The molecule has 0 saturated carbocycles. The van der Waals surface area contributed by atoms with Crippen LogP contribution < -0.4 is 5.32 Å². The van der Waals surface area contributed by atoms with Gasteiger partial charge in [-0.15, -0.1) is 0 Å². The van der Waals surface area contributed by atoms with Gasteiger partial charge in [-0.3, -0.25) is 0 Å². The van der Waals surface area contributed by atoms with Gasteiger partial charge in [0.1, 0.15) is 0 Å². The van der Waals surface area contributed by atoms with E-state index in [1.807, 2.05) is 31.2 Å². The van der Waals surface area contributed by atoms with Crippen molar-refractivity contribution in [1.29, 1.82) is 0 Å². The van der Waals surface area contributed by atoms with Gasteiger partial charge in [-0.05, 0) is 25.5 Å². The van der Waals surface area contributed by atoms with Crippen molar-refractivity contribution in [1.82, 2.24) is 5.32 Å². The van der Waals surface area contributed by atoms with Gasteiger partial charge in [-0.2, -0.15) is 0 Å². The van der Waals surface area contributed by atoms with Crippen molar-refractivity contribution in [3.63, 3.8) is 0 Å². The summed E-state index contributed by atoms with van der Waals surface area (Å²) in [5, 5.41) is 12.0. The average Bonchev–Trinajstić information content (AvgIpc) is 2.29. The van der Waals surface area contributed by atoms with Crippen LogP contribution in [-0.4, -0.2) is 17.6 Å². The van der Waals surface area contributed by atoms with E-state index < -0.39 is 5.97 Å². The van der Waals surface area contributed by atoms with Crippen LogP contribution in [0.25, 0.3) is 0 Å². The number of halogens is 1. The van der Waals surface area contributed by atoms with E-state index in [-0.39, 0.29) is 6.04 Å². The minimum Gasteiger partial charge on any atom is -0.478 e. The number of nitrogens with one attached hydrogen (secondary N) is 1. The van der Waals surface area contributed by atoms with Crippen LogP contribution in [0, 0.1) is 0 Å². The third-order valence-corrected chi connectivity index (χ3v) is 3.26. The van der Waals surface area contributed by atoms with Gasteiger partial charge in [0.15, 0.2) is 0 Å². The Kier molecular flexibility index (Phi) is 5.38. The predicted octanol–water partition coefficient (Wildman–Crippen LogP) is 3.13. The molecule has 0 heterocycles. The highest BCUT2D eigenvalue weighted by molar-refractivity contribution is 9.10. The standard InChI is InChI=1S/C13H16BrNO2/c1-9(13(16)17)7-8-15-10(2)11-5-3-4-6-12(11)14/h3-7,10,15H,8H2,1-2H3,(H,16,17)/b9-7-/t10-/m1/s1. The maximum atomic E-state index is 10.6. The smallest absolute Gasteiger partial charge is 0.330 e. The summed E-state index contributed by atoms with van der Waals surface area (Å²) in [6, 6.07) is 8.15. The lowest BCUT2D eigenvalue weighted by atomic mass is 10.1. The van der Waals surface area contributed by atoms with E-state index in [1.165, 1.54) is 0 Å². The molecule has 0 spiro atoms. The Bertz CT molecular complexity index is 429. The predicted molar refractivity (Wildman–Crippen MR) is 72.0 cm³/mol. The Morgan fingerprint density at radius 2 is 2.18 bits per heavy atom. The molecular formula is C13H16BrNO2. The van der Waals surface area contributed by atoms with Crippen molar-refractivity contribution in [2.45, 2.75) is 19.9 Å². The lowest BCUT2D eigenvalue weighted by molar-refractivity contribution is -0.132. The Morgan fingerprint density at radius 3 is 2.76 bits per heavy atom. The summed E-state index contributed by atoms with van der Waals surface area (Å²) < 4.78 is 1.05. The van der Waals surface area contributed by atoms with Crippen molar-refractivity contribution >= 4 is 21.9 Å². The van der Waals surface area contributed by atoms with E-state index in [0.717, 1.165) is 10.0 Å². The van der Waals surface area contributed by atoms with Gasteiger partial charge in [-0.25, -0.2) is 4.79 Å². The van der Waals surface area contributed by atoms with Crippen molar-refractivity contribution in [2.75, 3.05) is 6.54 Å². The Morgan fingerprint density at radius 1 is 1.53 bits per heavy atom. The molecule has 2 N–H and O–H groups in total. The number of aliphatic carboxylic acids is 1. The second-order valence-electron chi connectivity index (χ2n) is 3.84. The largest absolute Gasteiger partial charge is 0.478 e. The third-order valence-electron chi connectivity index (χ3n) is 2.54. The van der Waals surface area contributed by atoms with Crippen LogP contribution in [0.1, 0.15) is 25.5 Å². The molecule has 0 amide bonds. The first-order valence-corrected chi connectivity index (χ1v) is 6.19. The Balaban J connectivity index is 2.57. The molecule has 3 nitrogen and oxygen atoms in total. The van der Waals surface area contributed by atoms with E-state index in [0.29, 0.717) is 12.1 Å². The number of carbonyl (C=O) groups is 1. The molecule has 92 valence electrons. The maximum absolute atomic E-state index is 10.6. The van der Waals surface area contributed by atoms with Crippen LogP contribution >= 0.6 is 15.9 Å². The highest BCUT2D eigenvalue weighted by atomic mass is 79.9. The van der Waals surface area contributed by atoms with Gasteiger partial charge < -0.3 is 10.4 Å². The lowest BCUT2D eigenvalue weighted by Crippen LogP contribution is -2.19. The molecule has 1 rings (SSSR count). The monoisotopic (exact) mass is 297 g/mol. The fourth-order valence-electron chi connectivity index (χ4n) is 1.41. The topological polar surface area (TPSA) is 49.3 Å². The highest BCUT2D eigenvalue weighted by Crippen LogP contribution is 2.22. The first-order chi connectivity index (χ1) is 8.02. The van der Waals surface area contributed by atoms with Gasteiger partial charge >= 0.3 is 5.97 Å². The van der Waals surface area contributed by atoms with Gasteiger partial charge in [0.2, 0.25) is 0 Å². The fraction of sp³-hybridized carbons (Fsp3) is 0.308. The molecular weight excluding hydrogens is 282 g/mol. The molecule has 0 radical (unpaired) electrons. The number of hydrogen-bond donors (Lipinski definition) is 2. The van der Waals surface area contributed by atoms with Crippen LogP contribution in [0.15, 0.2) is 40.4 Å². The second-order valence-corrected chi connectivity index (χ2v) is 4.70. The SMILES string of the molecule is C/C(=C/CN[C@H](C)c1ccccc1Br)C(=O)O. The molecule has 0 bridgehead atoms. The molecule has 0 saturated heterocycles. The van der Waals surface area contributed by atoms with Crippen molar-refractivity contribution < 1.29 is 9.90 Å². The van der Waals surface area contributed by atoms with Crippen LogP contribution in [0.5, 0.6) is 0 Å². The summed E-state index contributed by atoms with van der Waals surface area (Å²) in [7, 11) is 0. The van der Waals surface area contributed by atoms with Gasteiger partial charge in [0.25, 0.3) is 0 Å². The summed E-state index contributed by atoms with van der Waals surface area (Å²) in [6.07, 6.45) is 1.68. The van der Waals surface area contributed by atoms with E-state index in [9.17, 15) is 4.79 Å². The molecule has 17 heavy (non-hydrogen) atoms. The lowest BCUT2D eigenvalue weighted by Gasteiger charge is -2.14. The number of carboxylic acids is 1. The summed E-state index contributed by atoms with van der Waals surface area (Å²) in [5.41, 5.74) is 1.52. The molecule has 1 aromatic carbocycles. The van der Waals surface area contributed by atoms with Crippen molar-refractivity contribution in [2.24, 2.45) is 0 Å². The molecule has 1 atom stereocenters. The molecule has 0 aromatic heterocycles. The molecule has 1 aromatic rings. The first kappa shape index (κ1) is 13.9. The van der Waals surface area contributed by atoms with Crippen LogP contribution in [0.3, 0.4) is 0 Å². The first-order valence-electron chi connectivity index (χ1n) is 5.40. The molecule has 4 heteroatoms. The van der Waals surface area contributed by atoms with Gasteiger partial charge in [-0.1, -0.05) is 40.2 Å². The van der Waals surface area contributed by atoms with Crippen LogP contribution in [-0.2, 0) is 4.79 Å². The van der Waals surface area contributed by atoms with E-state index in [2.05, 4.69) is 21.2 Å². The number of benzene rings is 1. The van der Waals surface area contributed by atoms with E-state index in [1.54, 1.807) is 13.0 Å². The molecule has 0 aliphatic heterocycles. The summed E-state index contributed by atoms with van der Waals surface area (Å²) in [6.45, 7) is 4.18. The zero-order chi connectivity index (χ0) is 12.8. The number of carboxylic acid groups (broad SMARTS) is 1. The van der Waals surface area contributed by atoms with Crippen LogP contribution in [0.2, 0.25) is 0 Å². The van der Waals surface area contributed by atoms with Crippen molar-refractivity contribution in [3.8, 4) is 0 Å².